The Morgan fingerprint density at radius 1 is 1.06 bits per heavy atom. The van der Waals surface area contributed by atoms with Gasteiger partial charge in [-0.15, -0.1) is 0 Å². The standard InChI is InChI=1S/C21H19NO6S3/c1-27-19(25)10-14(8-12-2-7-16(23)17(24)9-12)22-21(26)28-15-5-3-13(4-6-15)18-11-20(29)31-30-18/h2-7,9,11,14,23-24H,8,10H2,1H3,(H,22,26)/t14-/m0/s1. The number of phenols is 2. The summed E-state index contributed by atoms with van der Waals surface area (Å²) < 4.78 is 10.8. The zero-order valence-electron chi connectivity index (χ0n) is 16.4. The number of benzene rings is 2. The van der Waals surface area contributed by atoms with Crippen LogP contribution in [-0.4, -0.2) is 35.4 Å². The summed E-state index contributed by atoms with van der Waals surface area (Å²) in [6.07, 6.45) is -0.592. The first-order valence-corrected chi connectivity index (χ1v) is 11.7. The van der Waals surface area contributed by atoms with Crippen molar-refractivity contribution in [1.29, 1.82) is 0 Å². The lowest BCUT2D eigenvalue weighted by Gasteiger charge is -2.18. The molecule has 0 bridgehead atoms. The van der Waals surface area contributed by atoms with Gasteiger partial charge in [-0.2, -0.15) is 0 Å². The molecule has 0 unspecified atom stereocenters. The lowest BCUT2D eigenvalue weighted by Crippen LogP contribution is -2.40. The molecule has 0 aliphatic carbocycles. The molecule has 0 spiro atoms. The minimum absolute atomic E-state index is 0.0882. The van der Waals surface area contributed by atoms with E-state index in [9.17, 15) is 19.8 Å². The van der Waals surface area contributed by atoms with Crippen molar-refractivity contribution >= 4 is 45.0 Å². The van der Waals surface area contributed by atoms with Crippen molar-refractivity contribution in [2.75, 3.05) is 7.11 Å². The Balaban J connectivity index is 1.65. The fourth-order valence-electron chi connectivity index (χ4n) is 2.80. The van der Waals surface area contributed by atoms with Crippen LogP contribution in [0.2, 0.25) is 0 Å². The third kappa shape index (κ3) is 6.51. The number of carbonyl (C=O) groups excluding carboxylic acids is 2. The Kier molecular flexibility index (Phi) is 7.61. The van der Waals surface area contributed by atoms with Crippen LogP contribution in [0.5, 0.6) is 17.2 Å². The Hall–Kier alpha value is -2.95. The number of hydrogen-bond donors (Lipinski definition) is 3. The summed E-state index contributed by atoms with van der Waals surface area (Å²) in [6.45, 7) is 0. The summed E-state index contributed by atoms with van der Waals surface area (Å²) in [5.74, 6) is -0.696. The Bertz CT molecular complexity index is 1120. The predicted octanol–water partition coefficient (Wildman–Crippen LogP) is 4.88. The number of esters is 1. The lowest BCUT2D eigenvalue weighted by molar-refractivity contribution is -0.141. The molecule has 0 fully saturated rings. The Labute approximate surface area is 190 Å². The number of amides is 1. The van der Waals surface area contributed by atoms with Crippen molar-refractivity contribution < 1.29 is 29.3 Å². The van der Waals surface area contributed by atoms with Crippen molar-refractivity contribution in [3.8, 4) is 27.7 Å². The molecule has 10 heteroatoms. The maximum Gasteiger partial charge on any atom is 0.412 e. The molecule has 0 radical (unpaired) electrons. The van der Waals surface area contributed by atoms with Crippen molar-refractivity contribution in [2.45, 2.75) is 18.9 Å². The van der Waals surface area contributed by atoms with Gasteiger partial charge in [0.05, 0.1) is 13.5 Å². The topological polar surface area (TPSA) is 105 Å². The third-order valence-corrected chi connectivity index (χ3v) is 7.21. The Morgan fingerprint density at radius 3 is 2.42 bits per heavy atom. The molecule has 1 heterocycles. The number of phenolic OH excluding ortho intramolecular Hbond substituents is 2. The molecule has 1 atom stereocenters. The lowest BCUT2D eigenvalue weighted by atomic mass is 10.0. The number of aromatic hydroxyl groups is 2. The van der Waals surface area contributed by atoms with Gasteiger partial charge in [0.15, 0.2) is 11.5 Å². The highest BCUT2D eigenvalue weighted by Gasteiger charge is 2.19. The zero-order valence-corrected chi connectivity index (χ0v) is 18.8. The second-order valence-electron chi connectivity index (χ2n) is 6.56. The average molecular weight is 478 g/mol. The van der Waals surface area contributed by atoms with Gasteiger partial charge in [-0.05, 0) is 60.0 Å². The van der Waals surface area contributed by atoms with Gasteiger partial charge in [0.1, 0.15) is 9.57 Å². The maximum atomic E-state index is 12.4. The van der Waals surface area contributed by atoms with Crippen LogP contribution >= 0.6 is 32.9 Å². The second-order valence-corrected chi connectivity index (χ2v) is 9.47. The summed E-state index contributed by atoms with van der Waals surface area (Å²) >= 11 is 5.15. The van der Waals surface area contributed by atoms with Crippen LogP contribution < -0.4 is 10.1 Å². The highest BCUT2D eigenvalue weighted by atomic mass is 32.9. The molecule has 162 valence electrons. The number of ether oxygens (including phenoxy) is 2. The summed E-state index contributed by atoms with van der Waals surface area (Å²) in [6, 6.07) is 12.6. The van der Waals surface area contributed by atoms with Gasteiger partial charge < -0.3 is 25.0 Å². The van der Waals surface area contributed by atoms with E-state index in [1.807, 2.05) is 18.2 Å². The minimum atomic E-state index is -0.726. The molecular weight excluding hydrogens is 458 g/mol. The highest BCUT2D eigenvalue weighted by Crippen LogP contribution is 2.30. The molecule has 1 amide bonds. The summed E-state index contributed by atoms with van der Waals surface area (Å²) in [7, 11) is 4.36. The van der Waals surface area contributed by atoms with Crippen molar-refractivity contribution in [1.82, 2.24) is 5.32 Å². The van der Waals surface area contributed by atoms with Crippen molar-refractivity contribution in [3.63, 3.8) is 0 Å². The first-order chi connectivity index (χ1) is 14.8. The monoisotopic (exact) mass is 477 g/mol. The van der Waals surface area contributed by atoms with E-state index in [1.165, 1.54) is 29.6 Å². The van der Waals surface area contributed by atoms with E-state index in [0.717, 1.165) is 14.3 Å². The van der Waals surface area contributed by atoms with E-state index < -0.39 is 18.1 Å². The number of methoxy groups -OCH3 is 1. The number of hydrogen-bond acceptors (Lipinski definition) is 9. The van der Waals surface area contributed by atoms with Crippen LogP contribution in [0.15, 0.2) is 48.5 Å². The zero-order chi connectivity index (χ0) is 22.4. The number of carbonyl (C=O) groups is 2. The molecule has 3 N–H and O–H groups in total. The van der Waals surface area contributed by atoms with E-state index >= 15 is 0 Å². The molecule has 7 nitrogen and oxygen atoms in total. The van der Waals surface area contributed by atoms with Crippen LogP contribution in [0.25, 0.3) is 10.4 Å². The smallest absolute Gasteiger partial charge is 0.412 e. The van der Waals surface area contributed by atoms with Gasteiger partial charge in [-0.3, -0.25) is 4.79 Å². The van der Waals surface area contributed by atoms with Gasteiger partial charge >= 0.3 is 12.1 Å². The van der Waals surface area contributed by atoms with Crippen LogP contribution in [0.1, 0.15) is 12.0 Å². The first kappa shape index (κ1) is 22.7. The van der Waals surface area contributed by atoms with Gasteiger partial charge in [-0.1, -0.05) is 39.0 Å². The van der Waals surface area contributed by atoms with E-state index in [4.69, 9.17) is 21.7 Å². The van der Waals surface area contributed by atoms with Gasteiger partial charge in [-0.25, -0.2) is 4.79 Å². The van der Waals surface area contributed by atoms with E-state index in [0.29, 0.717) is 11.3 Å². The van der Waals surface area contributed by atoms with Crippen molar-refractivity contribution in [2.24, 2.45) is 0 Å². The molecule has 0 saturated carbocycles. The molecule has 0 aliphatic rings. The number of nitrogens with one attached hydrogen (secondary N) is 1. The third-order valence-electron chi connectivity index (χ3n) is 4.30. The van der Waals surface area contributed by atoms with E-state index in [2.05, 4.69) is 5.32 Å². The SMILES string of the molecule is COC(=O)C[C@H](Cc1ccc(O)c(O)c1)NC(=O)Oc1ccc(-c2cc(=S)ss2)cc1. The van der Waals surface area contributed by atoms with Gasteiger partial charge in [0.2, 0.25) is 0 Å². The van der Waals surface area contributed by atoms with Crippen LogP contribution in [-0.2, 0) is 16.0 Å². The molecule has 31 heavy (non-hydrogen) atoms. The van der Waals surface area contributed by atoms with Gasteiger partial charge in [0, 0.05) is 10.9 Å². The van der Waals surface area contributed by atoms with Crippen molar-refractivity contribution in [3.05, 3.63) is 57.9 Å². The van der Waals surface area contributed by atoms with E-state index in [1.54, 1.807) is 28.5 Å². The summed E-state index contributed by atoms with van der Waals surface area (Å²) in [5.41, 5.74) is 1.59. The fourth-order valence-corrected chi connectivity index (χ4v) is 5.20. The fraction of sp³-hybridized carbons (Fsp3) is 0.190. The first-order valence-electron chi connectivity index (χ1n) is 9.10. The van der Waals surface area contributed by atoms with Crippen LogP contribution in [0.4, 0.5) is 4.79 Å². The van der Waals surface area contributed by atoms with Crippen LogP contribution in [0, 0.1) is 3.82 Å². The number of rotatable bonds is 7. The highest BCUT2D eigenvalue weighted by molar-refractivity contribution is 7.80. The molecule has 2 aromatic carbocycles. The minimum Gasteiger partial charge on any atom is -0.504 e. The average Bonchev–Trinajstić information content (AvgIpc) is 3.17. The second kappa shape index (κ2) is 10.4. The molecule has 0 saturated heterocycles. The maximum absolute atomic E-state index is 12.4. The molecular formula is C21H19NO6S3. The van der Waals surface area contributed by atoms with Gasteiger partial charge in [0.25, 0.3) is 0 Å². The van der Waals surface area contributed by atoms with Crippen LogP contribution in [0.3, 0.4) is 0 Å². The quantitative estimate of drug-likeness (QED) is 0.193. The van der Waals surface area contributed by atoms with E-state index in [-0.39, 0.29) is 24.3 Å². The molecule has 3 aromatic rings. The normalized spacial score (nSPS) is 11.5. The summed E-state index contributed by atoms with van der Waals surface area (Å²) in [5, 5.41) is 21.8. The predicted molar refractivity (Wildman–Crippen MR) is 122 cm³/mol. The Morgan fingerprint density at radius 2 is 1.81 bits per heavy atom. The summed E-state index contributed by atoms with van der Waals surface area (Å²) in [4.78, 5) is 25.2. The molecule has 1 aromatic heterocycles. The molecule has 3 rings (SSSR count). The molecule has 0 aliphatic heterocycles. The largest absolute Gasteiger partial charge is 0.504 e.